The molecule has 2 N–H and O–H groups in total. The number of carbonyl (C=O) groups is 1. The molecule has 5 nitrogen and oxygen atoms in total. The Morgan fingerprint density at radius 3 is 2.77 bits per heavy atom. The maximum Gasteiger partial charge on any atom is 0.224 e. The van der Waals surface area contributed by atoms with Gasteiger partial charge in [-0.05, 0) is 30.5 Å². The summed E-state index contributed by atoms with van der Waals surface area (Å²) in [6, 6.07) is 9.72. The van der Waals surface area contributed by atoms with Gasteiger partial charge in [0.1, 0.15) is 12.1 Å². The van der Waals surface area contributed by atoms with Crippen LogP contribution in [0.4, 0.5) is 11.5 Å². The Bertz CT molecular complexity index is 640. The largest absolute Gasteiger partial charge is 0.366 e. The summed E-state index contributed by atoms with van der Waals surface area (Å²) < 4.78 is 0. The van der Waals surface area contributed by atoms with Crippen LogP contribution in [-0.4, -0.2) is 15.9 Å². The van der Waals surface area contributed by atoms with Gasteiger partial charge in [-0.3, -0.25) is 4.79 Å². The van der Waals surface area contributed by atoms with Gasteiger partial charge in [0.2, 0.25) is 5.91 Å². The summed E-state index contributed by atoms with van der Waals surface area (Å²) in [4.78, 5) is 20.0. The molecule has 0 atom stereocenters. The van der Waals surface area contributed by atoms with E-state index in [1.54, 1.807) is 6.33 Å². The molecule has 116 valence electrons. The van der Waals surface area contributed by atoms with E-state index < -0.39 is 0 Å². The molecule has 0 aliphatic carbocycles. The van der Waals surface area contributed by atoms with E-state index in [9.17, 15) is 4.79 Å². The molecule has 1 aromatic heterocycles. The minimum Gasteiger partial charge on any atom is -0.366 e. The zero-order valence-corrected chi connectivity index (χ0v) is 13.3. The maximum absolute atomic E-state index is 11.8. The second-order valence-electron chi connectivity index (χ2n) is 5.74. The average molecular weight is 298 g/mol. The summed E-state index contributed by atoms with van der Waals surface area (Å²) in [6.45, 7) is 6.63. The quantitative estimate of drug-likeness (QED) is 0.858. The molecule has 22 heavy (non-hydrogen) atoms. The number of amides is 1. The molecule has 0 aliphatic rings. The topological polar surface area (TPSA) is 66.9 Å². The summed E-state index contributed by atoms with van der Waals surface area (Å²) in [5.74, 6) is 1.19. The van der Waals surface area contributed by atoms with Gasteiger partial charge in [-0.15, -0.1) is 0 Å². The summed E-state index contributed by atoms with van der Waals surface area (Å²) in [5, 5.41) is 6.18. The fraction of sp³-hybridized carbons (Fsp3) is 0.353. The summed E-state index contributed by atoms with van der Waals surface area (Å²) in [6.07, 6.45) is 2.07. The molecule has 2 aromatic rings. The van der Waals surface area contributed by atoms with Crippen LogP contribution in [0.5, 0.6) is 0 Å². The number of carbonyl (C=O) groups excluding carboxylic acids is 1. The Hall–Kier alpha value is -2.43. The molecule has 0 bridgehead atoms. The average Bonchev–Trinajstić information content (AvgIpc) is 2.44. The van der Waals surface area contributed by atoms with Gasteiger partial charge in [-0.2, -0.15) is 0 Å². The zero-order valence-electron chi connectivity index (χ0n) is 13.3. The van der Waals surface area contributed by atoms with Crippen molar-refractivity contribution in [3.63, 3.8) is 0 Å². The predicted molar refractivity (Wildman–Crippen MR) is 88.6 cm³/mol. The first-order chi connectivity index (χ1) is 10.5. The molecule has 1 heterocycles. The lowest BCUT2D eigenvalue weighted by molar-refractivity contribution is -0.116. The van der Waals surface area contributed by atoms with Gasteiger partial charge in [0.15, 0.2) is 0 Å². The summed E-state index contributed by atoms with van der Waals surface area (Å²) >= 11 is 0. The minimum atomic E-state index is 0.0477. The van der Waals surface area contributed by atoms with Crippen LogP contribution in [0.15, 0.2) is 36.7 Å². The van der Waals surface area contributed by atoms with Crippen molar-refractivity contribution in [1.29, 1.82) is 0 Å². The fourth-order valence-corrected chi connectivity index (χ4v) is 2.09. The number of aromatic nitrogens is 2. The third-order valence-corrected chi connectivity index (χ3v) is 3.08. The Labute approximate surface area is 131 Å². The SMILES string of the molecule is Cc1cc(NCc2cccc(NC(=O)CC(C)C)c2)ncn1. The highest BCUT2D eigenvalue weighted by Gasteiger charge is 2.05. The summed E-state index contributed by atoms with van der Waals surface area (Å²) in [7, 11) is 0. The van der Waals surface area contributed by atoms with E-state index in [1.807, 2.05) is 51.1 Å². The van der Waals surface area contributed by atoms with E-state index in [2.05, 4.69) is 20.6 Å². The molecule has 5 heteroatoms. The first-order valence-corrected chi connectivity index (χ1v) is 7.44. The number of rotatable bonds is 6. The van der Waals surface area contributed by atoms with E-state index in [-0.39, 0.29) is 5.91 Å². The summed E-state index contributed by atoms with van der Waals surface area (Å²) in [5.41, 5.74) is 2.83. The second-order valence-corrected chi connectivity index (χ2v) is 5.74. The van der Waals surface area contributed by atoms with Crippen molar-refractivity contribution in [2.24, 2.45) is 5.92 Å². The third kappa shape index (κ3) is 5.16. The minimum absolute atomic E-state index is 0.0477. The van der Waals surface area contributed by atoms with Gasteiger partial charge < -0.3 is 10.6 Å². The Balaban J connectivity index is 1.95. The lowest BCUT2D eigenvalue weighted by Crippen LogP contribution is -2.14. The molecule has 0 fully saturated rings. The van der Waals surface area contributed by atoms with Crippen molar-refractivity contribution in [3.8, 4) is 0 Å². The molecular formula is C17H22N4O. The molecule has 0 aliphatic heterocycles. The van der Waals surface area contributed by atoms with Crippen molar-refractivity contribution < 1.29 is 4.79 Å². The molecule has 1 amide bonds. The van der Waals surface area contributed by atoms with Crippen molar-refractivity contribution in [1.82, 2.24) is 9.97 Å². The maximum atomic E-state index is 11.8. The van der Waals surface area contributed by atoms with Crippen LogP contribution < -0.4 is 10.6 Å². The number of nitrogens with zero attached hydrogens (tertiary/aromatic N) is 2. The molecule has 0 radical (unpaired) electrons. The molecule has 0 saturated heterocycles. The first-order valence-electron chi connectivity index (χ1n) is 7.44. The number of aryl methyl sites for hydroxylation is 1. The van der Waals surface area contributed by atoms with Gasteiger partial charge >= 0.3 is 0 Å². The first kappa shape index (κ1) is 15.9. The van der Waals surface area contributed by atoms with Gasteiger partial charge in [-0.25, -0.2) is 9.97 Å². The van der Waals surface area contributed by atoms with E-state index in [1.165, 1.54) is 0 Å². The molecule has 0 spiro atoms. The van der Waals surface area contributed by atoms with Crippen molar-refractivity contribution in [2.75, 3.05) is 10.6 Å². The monoisotopic (exact) mass is 298 g/mol. The van der Waals surface area contributed by atoms with Crippen molar-refractivity contribution in [2.45, 2.75) is 33.7 Å². The highest BCUT2D eigenvalue weighted by Crippen LogP contribution is 2.13. The van der Waals surface area contributed by atoms with Crippen LogP contribution in [-0.2, 0) is 11.3 Å². The van der Waals surface area contributed by atoms with E-state index in [4.69, 9.17) is 0 Å². The molecule has 2 rings (SSSR count). The number of hydrogen-bond donors (Lipinski definition) is 2. The van der Waals surface area contributed by atoms with Gasteiger partial charge in [0.05, 0.1) is 0 Å². The van der Waals surface area contributed by atoms with Crippen LogP contribution in [0.3, 0.4) is 0 Å². The van der Waals surface area contributed by atoms with Crippen LogP contribution >= 0.6 is 0 Å². The Morgan fingerprint density at radius 2 is 2.05 bits per heavy atom. The lowest BCUT2D eigenvalue weighted by atomic mass is 10.1. The number of anilines is 2. The van der Waals surface area contributed by atoms with Gasteiger partial charge in [0.25, 0.3) is 0 Å². The van der Waals surface area contributed by atoms with Crippen molar-refractivity contribution in [3.05, 3.63) is 47.9 Å². The molecule has 1 aromatic carbocycles. The van der Waals surface area contributed by atoms with E-state index in [0.717, 1.165) is 22.8 Å². The van der Waals surface area contributed by atoms with Gasteiger partial charge in [-0.1, -0.05) is 26.0 Å². The normalized spacial score (nSPS) is 10.5. The van der Waals surface area contributed by atoms with E-state index in [0.29, 0.717) is 18.9 Å². The molecule has 0 unspecified atom stereocenters. The number of nitrogens with one attached hydrogen (secondary N) is 2. The van der Waals surface area contributed by atoms with Crippen molar-refractivity contribution >= 4 is 17.4 Å². The number of hydrogen-bond acceptors (Lipinski definition) is 4. The molecular weight excluding hydrogens is 276 g/mol. The molecule has 0 saturated carbocycles. The zero-order chi connectivity index (χ0) is 15.9. The standard InChI is InChI=1S/C17H22N4O/c1-12(2)7-17(22)21-15-6-4-5-14(9-15)10-18-16-8-13(3)19-11-20-16/h4-6,8-9,11-12H,7,10H2,1-3H3,(H,21,22)(H,18,19,20). The lowest BCUT2D eigenvalue weighted by Gasteiger charge is -2.10. The van der Waals surface area contributed by atoms with Crippen LogP contribution in [0.25, 0.3) is 0 Å². The van der Waals surface area contributed by atoms with Crippen LogP contribution in [0.2, 0.25) is 0 Å². The highest BCUT2D eigenvalue weighted by molar-refractivity contribution is 5.90. The predicted octanol–water partition coefficient (Wildman–Crippen LogP) is 3.38. The third-order valence-electron chi connectivity index (χ3n) is 3.08. The Kier molecular flexibility index (Phi) is 5.47. The number of benzene rings is 1. The van der Waals surface area contributed by atoms with Crippen LogP contribution in [0.1, 0.15) is 31.5 Å². The van der Waals surface area contributed by atoms with Crippen LogP contribution in [0, 0.1) is 12.8 Å². The highest BCUT2D eigenvalue weighted by atomic mass is 16.1. The fourth-order valence-electron chi connectivity index (χ4n) is 2.09. The Morgan fingerprint density at radius 1 is 1.23 bits per heavy atom. The van der Waals surface area contributed by atoms with E-state index >= 15 is 0 Å². The second kappa shape index (κ2) is 7.54. The van der Waals surface area contributed by atoms with Gasteiger partial charge in [0, 0.05) is 30.4 Å². The smallest absolute Gasteiger partial charge is 0.224 e.